The van der Waals surface area contributed by atoms with E-state index in [9.17, 15) is 0 Å². The first-order valence-electron chi connectivity index (χ1n) is 6.17. The zero-order valence-electron chi connectivity index (χ0n) is 10.4. The van der Waals surface area contributed by atoms with Gasteiger partial charge in [-0.25, -0.2) is 0 Å². The molecule has 0 saturated heterocycles. The van der Waals surface area contributed by atoms with Gasteiger partial charge in [-0.1, -0.05) is 31.2 Å². The summed E-state index contributed by atoms with van der Waals surface area (Å²) < 4.78 is 5.09. The molecule has 0 aliphatic heterocycles. The third-order valence-corrected chi connectivity index (χ3v) is 2.97. The Kier molecular flexibility index (Phi) is 3.99. The first-order chi connectivity index (χ1) is 8.31. The van der Waals surface area contributed by atoms with E-state index in [1.165, 1.54) is 11.1 Å². The summed E-state index contributed by atoms with van der Waals surface area (Å²) in [7, 11) is 0. The lowest BCUT2D eigenvalue weighted by Crippen LogP contribution is -2.19. The maximum atomic E-state index is 5.09. The number of hydrogen-bond acceptors (Lipinski definition) is 2. The van der Waals surface area contributed by atoms with E-state index in [0.29, 0.717) is 6.04 Å². The predicted molar refractivity (Wildman–Crippen MR) is 70.9 cm³/mol. The summed E-state index contributed by atoms with van der Waals surface area (Å²) in [6.07, 6.45) is 4.64. The van der Waals surface area contributed by atoms with Gasteiger partial charge in [0.2, 0.25) is 0 Å². The van der Waals surface area contributed by atoms with Crippen molar-refractivity contribution in [2.45, 2.75) is 26.3 Å². The molecule has 0 aliphatic carbocycles. The van der Waals surface area contributed by atoms with Crippen LogP contribution in [0.3, 0.4) is 0 Å². The summed E-state index contributed by atoms with van der Waals surface area (Å²) in [5.74, 6) is 0. The largest absolute Gasteiger partial charge is 0.472 e. The van der Waals surface area contributed by atoms with Crippen LogP contribution in [0.15, 0.2) is 47.3 Å². The molecule has 1 N–H and O–H groups in total. The van der Waals surface area contributed by atoms with Gasteiger partial charge in [0.25, 0.3) is 0 Å². The molecule has 0 aliphatic rings. The third-order valence-electron chi connectivity index (χ3n) is 2.97. The van der Waals surface area contributed by atoms with Crippen molar-refractivity contribution < 1.29 is 4.42 Å². The quantitative estimate of drug-likeness (QED) is 0.838. The van der Waals surface area contributed by atoms with Gasteiger partial charge in [-0.2, -0.15) is 0 Å². The van der Waals surface area contributed by atoms with Gasteiger partial charge in [-0.05, 0) is 37.1 Å². The fourth-order valence-corrected chi connectivity index (χ4v) is 1.87. The van der Waals surface area contributed by atoms with E-state index in [0.717, 1.165) is 18.5 Å². The van der Waals surface area contributed by atoms with E-state index in [2.05, 4.69) is 43.4 Å². The molecule has 1 aromatic heterocycles. The Balaban J connectivity index is 2.08. The SMILES string of the molecule is CCCNC(C)c1ccc(-c2ccoc2)cc1. The number of hydrogen-bond donors (Lipinski definition) is 1. The zero-order valence-corrected chi connectivity index (χ0v) is 10.4. The Hall–Kier alpha value is -1.54. The first-order valence-corrected chi connectivity index (χ1v) is 6.17. The van der Waals surface area contributed by atoms with Crippen molar-refractivity contribution in [1.29, 1.82) is 0 Å². The molecule has 17 heavy (non-hydrogen) atoms. The van der Waals surface area contributed by atoms with E-state index in [1.807, 2.05) is 6.07 Å². The Bertz CT molecular complexity index is 430. The third kappa shape index (κ3) is 2.98. The van der Waals surface area contributed by atoms with Gasteiger partial charge in [0.1, 0.15) is 0 Å². The highest BCUT2D eigenvalue weighted by molar-refractivity contribution is 5.62. The number of rotatable bonds is 5. The summed E-state index contributed by atoms with van der Waals surface area (Å²) in [6, 6.07) is 11.0. The number of benzene rings is 1. The van der Waals surface area contributed by atoms with Crippen LogP contribution in [0.5, 0.6) is 0 Å². The fraction of sp³-hybridized carbons (Fsp3) is 0.333. The van der Waals surface area contributed by atoms with Crippen LogP contribution in [-0.4, -0.2) is 6.54 Å². The van der Waals surface area contributed by atoms with E-state index in [1.54, 1.807) is 12.5 Å². The van der Waals surface area contributed by atoms with Gasteiger partial charge in [-0.3, -0.25) is 0 Å². The second-order valence-electron chi connectivity index (χ2n) is 4.31. The topological polar surface area (TPSA) is 25.2 Å². The fourth-order valence-electron chi connectivity index (χ4n) is 1.87. The monoisotopic (exact) mass is 229 g/mol. The maximum Gasteiger partial charge on any atom is 0.0980 e. The Morgan fingerprint density at radius 2 is 1.88 bits per heavy atom. The maximum absolute atomic E-state index is 5.09. The van der Waals surface area contributed by atoms with Crippen LogP contribution in [-0.2, 0) is 0 Å². The van der Waals surface area contributed by atoms with Crippen molar-refractivity contribution in [3.05, 3.63) is 48.4 Å². The van der Waals surface area contributed by atoms with Crippen molar-refractivity contribution in [3.8, 4) is 11.1 Å². The van der Waals surface area contributed by atoms with Crippen LogP contribution in [0.4, 0.5) is 0 Å². The molecule has 1 atom stereocenters. The molecule has 0 amide bonds. The molecule has 1 heterocycles. The van der Waals surface area contributed by atoms with Crippen LogP contribution in [0.25, 0.3) is 11.1 Å². The molecule has 90 valence electrons. The van der Waals surface area contributed by atoms with Crippen molar-refractivity contribution >= 4 is 0 Å². The molecule has 2 rings (SSSR count). The number of furan rings is 1. The molecule has 2 heteroatoms. The van der Waals surface area contributed by atoms with Crippen LogP contribution >= 0.6 is 0 Å². The summed E-state index contributed by atoms with van der Waals surface area (Å²) in [4.78, 5) is 0. The highest BCUT2D eigenvalue weighted by Gasteiger charge is 2.04. The van der Waals surface area contributed by atoms with Gasteiger partial charge < -0.3 is 9.73 Å². The van der Waals surface area contributed by atoms with Crippen molar-refractivity contribution in [3.63, 3.8) is 0 Å². The second kappa shape index (κ2) is 5.69. The lowest BCUT2D eigenvalue weighted by molar-refractivity contribution is 0.568. The van der Waals surface area contributed by atoms with Crippen molar-refractivity contribution in [2.75, 3.05) is 6.54 Å². The molecular formula is C15H19NO. The highest BCUT2D eigenvalue weighted by atomic mass is 16.3. The number of nitrogens with one attached hydrogen (secondary N) is 1. The lowest BCUT2D eigenvalue weighted by Gasteiger charge is -2.13. The summed E-state index contributed by atoms with van der Waals surface area (Å²) in [6.45, 7) is 5.44. The smallest absolute Gasteiger partial charge is 0.0980 e. The molecule has 0 saturated carbocycles. The molecule has 2 aromatic rings. The van der Waals surface area contributed by atoms with Gasteiger partial charge in [-0.15, -0.1) is 0 Å². The molecule has 0 spiro atoms. The molecule has 1 aromatic carbocycles. The van der Waals surface area contributed by atoms with Gasteiger partial charge in [0.05, 0.1) is 12.5 Å². The minimum atomic E-state index is 0.411. The van der Waals surface area contributed by atoms with Gasteiger partial charge in [0.15, 0.2) is 0 Å². The highest BCUT2D eigenvalue weighted by Crippen LogP contribution is 2.22. The minimum absolute atomic E-state index is 0.411. The molecule has 2 nitrogen and oxygen atoms in total. The predicted octanol–water partition coefficient (Wildman–Crippen LogP) is 4.01. The first kappa shape index (κ1) is 11.9. The van der Waals surface area contributed by atoms with Gasteiger partial charge in [0, 0.05) is 11.6 Å². The Morgan fingerprint density at radius 1 is 1.12 bits per heavy atom. The summed E-state index contributed by atoms with van der Waals surface area (Å²) >= 11 is 0. The van der Waals surface area contributed by atoms with Gasteiger partial charge >= 0.3 is 0 Å². The zero-order chi connectivity index (χ0) is 12.1. The lowest BCUT2D eigenvalue weighted by atomic mass is 10.0. The molecule has 0 radical (unpaired) electrons. The van der Waals surface area contributed by atoms with E-state index >= 15 is 0 Å². The van der Waals surface area contributed by atoms with Crippen LogP contribution in [0.1, 0.15) is 31.9 Å². The van der Waals surface area contributed by atoms with Crippen molar-refractivity contribution in [2.24, 2.45) is 0 Å². The molecule has 1 unspecified atom stereocenters. The summed E-state index contributed by atoms with van der Waals surface area (Å²) in [5.41, 5.74) is 3.65. The normalized spacial score (nSPS) is 12.6. The van der Waals surface area contributed by atoms with E-state index in [-0.39, 0.29) is 0 Å². The minimum Gasteiger partial charge on any atom is -0.472 e. The van der Waals surface area contributed by atoms with E-state index < -0.39 is 0 Å². The van der Waals surface area contributed by atoms with Crippen LogP contribution in [0.2, 0.25) is 0 Å². The average Bonchev–Trinajstić information content (AvgIpc) is 2.90. The molecule has 0 bridgehead atoms. The second-order valence-corrected chi connectivity index (χ2v) is 4.31. The van der Waals surface area contributed by atoms with E-state index in [4.69, 9.17) is 4.42 Å². The van der Waals surface area contributed by atoms with Crippen LogP contribution in [0, 0.1) is 0 Å². The standard InChI is InChI=1S/C15H19NO/c1-3-9-16-12(2)13-4-6-14(7-5-13)15-8-10-17-11-15/h4-8,10-12,16H,3,9H2,1-2H3. The average molecular weight is 229 g/mol. The Morgan fingerprint density at radius 3 is 2.47 bits per heavy atom. The Labute approximate surface area is 103 Å². The molecular weight excluding hydrogens is 210 g/mol. The van der Waals surface area contributed by atoms with Crippen molar-refractivity contribution in [1.82, 2.24) is 5.32 Å². The molecule has 0 fully saturated rings. The van der Waals surface area contributed by atoms with Crippen LogP contribution < -0.4 is 5.32 Å². The summed E-state index contributed by atoms with van der Waals surface area (Å²) in [5, 5.41) is 3.48.